The maximum atomic E-state index is 12.3. The molecule has 0 fully saturated rings. The highest BCUT2D eigenvalue weighted by Crippen LogP contribution is 2.37. The molecule has 1 aromatic heterocycles. The van der Waals surface area contributed by atoms with Crippen molar-refractivity contribution in [2.45, 2.75) is 25.1 Å². The molecule has 6 nitrogen and oxygen atoms in total. The fourth-order valence-corrected chi connectivity index (χ4v) is 3.09. The number of rotatable bonds is 4. The van der Waals surface area contributed by atoms with Crippen LogP contribution in [0.25, 0.3) is 0 Å². The van der Waals surface area contributed by atoms with E-state index in [0.29, 0.717) is 5.95 Å². The van der Waals surface area contributed by atoms with E-state index in [1.807, 2.05) is 30.3 Å². The highest BCUT2D eigenvalue weighted by atomic mass is 19.3. The molecule has 0 aliphatic carbocycles. The Bertz CT molecular complexity index is 838. The lowest BCUT2D eigenvalue weighted by atomic mass is 9.93. The van der Waals surface area contributed by atoms with E-state index in [9.17, 15) is 8.78 Å². The van der Waals surface area contributed by atoms with E-state index in [1.54, 1.807) is 16.8 Å². The van der Waals surface area contributed by atoms with Crippen molar-refractivity contribution in [1.29, 1.82) is 0 Å². The van der Waals surface area contributed by atoms with Gasteiger partial charge in [0.05, 0.1) is 12.1 Å². The van der Waals surface area contributed by atoms with Crippen molar-refractivity contribution in [2.24, 2.45) is 0 Å². The van der Waals surface area contributed by atoms with Crippen LogP contribution in [0.3, 0.4) is 0 Å². The Morgan fingerprint density at radius 2 is 1.80 bits per heavy atom. The summed E-state index contributed by atoms with van der Waals surface area (Å²) in [6.07, 6.45) is 0.733. The van der Waals surface area contributed by atoms with Crippen LogP contribution in [-0.2, 0) is 0 Å². The molecule has 128 valence electrons. The zero-order valence-corrected chi connectivity index (χ0v) is 13.1. The number of benzene rings is 2. The second-order valence-electron chi connectivity index (χ2n) is 5.75. The highest BCUT2D eigenvalue weighted by molar-refractivity contribution is 5.38. The zero-order chi connectivity index (χ0) is 17.2. The van der Waals surface area contributed by atoms with Gasteiger partial charge in [0.2, 0.25) is 5.95 Å². The minimum Gasteiger partial charge on any atom is -0.435 e. The molecular formula is C17H15F2N5O. The predicted octanol–water partition coefficient (Wildman–Crippen LogP) is 3.42. The summed E-state index contributed by atoms with van der Waals surface area (Å²) in [7, 11) is 0. The van der Waals surface area contributed by atoms with Gasteiger partial charge in [-0.05, 0) is 40.1 Å². The molecule has 2 atom stereocenters. The Balaban J connectivity index is 1.64. The van der Waals surface area contributed by atoms with E-state index in [4.69, 9.17) is 0 Å². The summed E-state index contributed by atoms with van der Waals surface area (Å²) in [5, 5.41) is 15.2. The van der Waals surface area contributed by atoms with Crippen LogP contribution in [-0.4, -0.2) is 26.8 Å². The molecule has 0 radical (unpaired) electrons. The summed E-state index contributed by atoms with van der Waals surface area (Å²) < 4.78 is 30.7. The van der Waals surface area contributed by atoms with Crippen molar-refractivity contribution in [3.8, 4) is 5.75 Å². The molecule has 0 amide bonds. The summed E-state index contributed by atoms with van der Waals surface area (Å²) in [6.45, 7) is -2.83. The first kappa shape index (κ1) is 15.5. The molecule has 0 unspecified atom stereocenters. The number of tetrazole rings is 1. The third kappa shape index (κ3) is 3.15. The van der Waals surface area contributed by atoms with E-state index < -0.39 is 6.61 Å². The number of ether oxygens (including phenoxy) is 1. The van der Waals surface area contributed by atoms with Gasteiger partial charge in [-0.25, -0.2) is 4.68 Å². The first-order chi connectivity index (χ1) is 12.2. The second-order valence-corrected chi connectivity index (χ2v) is 5.75. The van der Waals surface area contributed by atoms with Gasteiger partial charge in [0, 0.05) is 0 Å². The fraction of sp³-hybridized carbons (Fsp3) is 0.235. The van der Waals surface area contributed by atoms with Crippen LogP contribution >= 0.6 is 0 Å². The minimum absolute atomic E-state index is 0.0571. The van der Waals surface area contributed by atoms with Crippen molar-refractivity contribution in [3.63, 3.8) is 0 Å². The molecule has 25 heavy (non-hydrogen) atoms. The quantitative estimate of drug-likeness (QED) is 0.786. The zero-order valence-electron chi connectivity index (χ0n) is 13.1. The average molecular weight is 343 g/mol. The molecule has 0 saturated carbocycles. The molecule has 3 aromatic rings. The molecule has 0 bridgehead atoms. The van der Waals surface area contributed by atoms with Gasteiger partial charge in [0.25, 0.3) is 0 Å². The van der Waals surface area contributed by atoms with Gasteiger partial charge >= 0.3 is 6.61 Å². The van der Waals surface area contributed by atoms with Crippen molar-refractivity contribution < 1.29 is 13.5 Å². The number of hydrogen-bond acceptors (Lipinski definition) is 5. The standard InChI is InChI=1S/C17H15F2N5O/c18-16(19)25-13-8-6-12(7-9-13)15-10-14(11-4-2-1-3-5-11)20-17-21-22-23-24(15)17/h1-9,14-16H,10H2,(H,20,21,23)/t14-,15+/m0/s1. The number of nitrogens with one attached hydrogen (secondary N) is 1. The first-order valence-corrected chi connectivity index (χ1v) is 7.85. The molecule has 1 aliphatic rings. The van der Waals surface area contributed by atoms with Gasteiger partial charge in [-0.2, -0.15) is 8.78 Å². The van der Waals surface area contributed by atoms with Gasteiger partial charge < -0.3 is 10.1 Å². The lowest BCUT2D eigenvalue weighted by Crippen LogP contribution is -2.28. The number of halogens is 2. The van der Waals surface area contributed by atoms with Crippen LogP contribution in [0.2, 0.25) is 0 Å². The summed E-state index contributed by atoms with van der Waals surface area (Å²) in [5.41, 5.74) is 2.07. The van der Waals surface area contributed by atoms with Gasteiger partial charge in [-0.3, -0.25) is 0 Å². The lowest BCUT2D eigenvalue weighted by molar-refractivity contribution is -0.0498. The molecule has 4 rings (SSSR count). The third-order valence-corrected chi connectivity index (χ3v) is 4.24. The highest BCUT2D eigenvalue weighted by Gasteiger charge is 2.30. The van der Waals surface area contributed by atoms with E-state index in [0.717, 1.165) is 17.5 Å². The monoisotopic (exact) mass is 343 g/mol. The maximum absolute atomic E-state index is 12.3. The molecule has 1 N–H and O–H groups in total. The largest absolute Gasteiger partial charge is 0.435 e. The van der Waals surface area contributed by atoms with Crippen LogP contribution in [0.15, 0.2) is 54.6 Å². The smallest absolute Gasteiger partial charge is 0.387 e. The molecule has 2 aromatic carbocycles. The first-order valence-electron chi connectivity index (χ1n) is 7.85. The van der Waals surface area contributed by atoms with E-state index in [-0.39, 0.29) is 17.8 Å². The molecule has 2 heterocycles. The summed E-state index contributed by atoms with van der Waals surface area (Å²) in [5.74, 6) is 0.710. The Hall–Kier alpha value is -3.03. The second kappa shape index (κ2) is 6.46. The predicted molar refractivity (Wildman–Crippen MR) is 86.5 cm³/mol. The summed E-state index contributed by atoms with van der Waals surface area (Å²) in [4.78, 5) is 0. The fourth-order valence-electron chi connectivity index (χ4n) is 3.09. The Morgan fingerprint density at radius 1 is 1.04 bits per heavy atom. The topological polar surface area (TPSA) is 64.9 Å². The number of nitrogens with zero attached hydrogens (tertiary/aromatic N) is 4. The van der Waals surface area contributed by atoms with Crippen LogP contribution in [0, 0.1) is 0 Å². The molecule has 1 aliphatic heterocycles. The van der Waals surface area contributed by atoms with Gasteiger partial charge in [-0.15, -0.1) is 0 Å². The van der Waals surface area contributed by atoms with E-state index in [2.05, 4.69) is 25.6 Å². The van der Waals surface area contributed by atoms with Crippen molar-refractivity contribution in [2.75, 3.05) is 5.32 Å². The average Bonchev–Trinajstić information content (AvgIpc) is 3.10. The summed E-state index contributed by atoms with van der Waals surface area (Å²) >= 11 is 0. The van der Waals surface area contributed by atoms with Gasteiger partial charge in [-0.1, -0.05) is 47.6 Å². The van der Waals surface area contributed by atoms with Crippen LogP contribution < -0.4 is 10.1 Å². The molecule has 0 spiro atoms. The Kier molecular flexibility index (Phi) is 4.01. The lowest BCUT2D eigenvalue weighted by Gasteiger charge is -2.31. The van der Waals surface area contributed by atoms with Crippen LogP contribution in [0.1, 0.15) is 29.6 Å². The number of aromatic nitrogens is 4. The molecule has 8 heteroatoms. The SMILES string of the molecule is FC(F)Oc1ccc([C@H]2C[C@@H](c3ccccc3)Nc3nnnn32)cc1. The third-order valence-electron chi connectivity index (χ3n) is 4.24. The Labute approximate surface area is 142 Å². The minimum atomic E-state index is -2.83. The maximum Gasteiger partial charge on any atom is 0.387 e. The van der Waals surface area contributed by atoms with Crippen LogP contribution in [0.4, 0.5) is 14.7 Å². The van der Waals surface area contributed by atoms with Gasteiger partial charge in [0.15, 0.2) is 0 Å². The normalized spacial score (nSPS) is 19.3. The number of fused-ring (bicyclic) bond motifs is 1. The molecule has 0 saturated heterocycles. The summed E-state index contributed by atoms with van der Waals surface area (Å²) in [6, 6.07) is 16.6. The molecular weight excluding hydrogens is 328 g/mol. The van der Waals surface area contributed by atoms with Gasteiger partial charge in [0.1, 0.15) is 5.75 Å². The van der Waals surface area contributed by atoms with E-state index >= 15 is 0 Å². The van der Waals surface area contributed by atoms with Crippen molar-refractivity contribution in [1.82, 2.24) is 20.2 Å². The van der Waals surface area contributed by atoms with Crippen molar-refractivity contribution >= 4 is 5.95 Å². The van der Waals surface area contributed by atoms with Crippen molar-refractivity contribution in [3.05, 3.63) is 65.7 Å². The number of anilines is 1. The van der Waals surface area contributed by atoms with Crippen LogP contribution in [0.5, 0.6) is 5.75 Å². The number of hydrogen-bond donors (Lipinski definition) is 1. The number of alkyl halides is 2. The Morgan fingerprint density at radius 3 is 2.52 bits per heavy atom. The van der Waals surface area contributed by atoms with E-state index in [1.165, 1.54) is 12.1 Å².